The van der Waals surface area contributed by atoms with E-state index in [4.69, 9.17) is 5.73 Å². The zero-order valence-corrected chi connectivity index (χ0v) is 6.63. The molecule has 0 aliphatic carbocycles. The molecule has 1 aromatic heterocycles. The number of anilines is 1. The highest BCUT2D eigenvalue weighted by Gasteiger charge is 2.14. The monoisotopic (exact) mass is 186 g/mol. The Kier molecular flexibility index (Phi) is 1.89. The quantitative estimate of drug-likeness (QED) is 0.409. The van der Waals surface area contributed by atoms with Crippen LogP contribution in [-0.2, 0) is 7.05 Å². The summed E-state index contributed by atoms with van der Waals surface area (Å²) in [5.74, 6) is -0.488. The van der Waals surface area contributed by atoms with E-state index in [0.717, 1.165) is 13.1 Å². The van der Waals surface area contributed by atoms with Crippen molar-refractivity contribution >= 4 is 5.82 Å². The summed E-state index contributed by atoms with van der Waals surface area (Å²) in [7, 11) is 1.13. The van der Waals surface area contributed by atoms with Gasteiger partial charge in [0.1, 0.15) is 0 Å². The van der Waals surface area contributed by atoms with Gasteiger partial charge in [-0.25, -0.2) is 14.9 Å². The molecule has 0 amide bonds. The van der Waals surface area contributed by atoms with Gasteiger partial charge in [-0.2, -0.15) is 0 Å². The molecule has 0 radical (unpaired) electrons. The van der Waals surface area contributed by atoms with E-state index < -0.39 is 22.1 Å². The average molecular weight is 186 g/mol. The van der Waals surface area contributed by atoms with Crippen LogP contribution in [0.5, 0.6) is 0 Å². The van der Waals surface area contributed by atoms with Crippen LogP contribution < -0.4 is 17.0 Å². The Bertz CT molecular complexity index is 470. The van der Waals surface area contributed by atoms with Crippen LogP contribution >= 0.6 is 0 Å². The molecular formula is C5H6N4O4. The van der Waals surface area contributed by atoms with Gasteiger partial charge in [0.05, 0.1) is 6.07 Å². The van der Waals surface area contributed by atoms with E-state index >= 15 is 0 Å². The van der Waals surface area contributed by atoms with Gasteiger partial charge >= 0.3 is 5.69 Å². The lowest BCUT2D eigenvalue weighted by Crippen LogP contribution is -2.41. The summed E-state index contributed by atoms with van der Waals surface area (Å²) >= 11 is 0. The van der Waals surface area contributed by atoms with Crippen molar-refractivity contribution in [2.45, 2.75) is 0 Å². The van der Waals surface area contributed by atoms with Crippen LogP contribution in [0.2, 0.25) is 0 Å². The van der Waals surface area contributed by atoms with Crippen LogP contribution in [0.4, 0.5) is 5.82 Å². The smallest absolute Gasteiger partial charge is 0.380 e. The summed E-state index contributed by atoms with van der Waals surface area (Å²) in [6.45, 7) is 0. The van der Waals surface area contributed by atoms with Crippen molar-refractivity contribution in [3.63, 3.8) is 0 Å². The largest absolute Gasteiger partial charge is 0.392 e. The van der Waals surface area contributed by atoms with Crippen LogP contribution in [0, 0.1) is 10.1 Å². The molecule has 0 aromatic carbocycles. The fourth-order valence-corrected chi connectivity index (χ4v) is 0.795. The van der Waals surface area contributed by atoms with Crippen molar-refractivity contribution in [2.75, 3.05) is 5.73 Å². The van der Waals surface area contributed by atoms with Crippen molar-refractivity contribution < 1.29 is 5.03 Å². The van der Waals surface area contributed by atoms with E-state index in [1.54, 1.807) is 0 Å². The third kappa shape index (κ3) is 1.28. The summed E-state index contributed by atoms with van der Waals surface area (Å²) in [5, 5.41) is 9.29. The molecule has 8 heteroatoms. The predicted octanol–water partition coefficient (Wildman–Crippen LogP) is -1.83. The average Bonchev–Trinajstić information content (AvgIpc) is 1.99. The second-order valence-electron chi connectivity index (χ2n) is 2.30. The number of aromatic nitrogens is 2. The lowest BCUT2D eigenvalue weighted by molar-refractivity contribution is -0.543. The summed E-state index contributed by atoms with van der Waals surface area (Å²) in [4.78, 5) is 32.2. The lowest BCUT2D eigenvalue weighted by atomic mass is 10.6. The van der Waals surface area contributed by atoms with Gasteiger partial charge in [-0.1, -0.05) is 0 Å². The Balaban J connectivity index is 3.74. The maximum atomic E-state index is 11.1. The zero-order valence-electron chi connectivity index (χ0n) is 6.63. The molecule has 1 rings (SSSR count). The van der Waals surface area contributed by atoms with Crippen molar-refractivity contribution in [1.82, 2.24) is 9.24 Å². The number of hydrogen-bond acceptors (Lipinski definition) is 5. The van der Waals surface area contributed by atoms with E-state index in [1.165, 1.54) is 0 Å². The Hall–Kier alpha value is -2.12. The summed E-state index contributed by atoms with van der Waals surface area (Å²) in [6, 6.07) is 0.810. The molecule has 8 nitrogen and oxygen atoms in total. The van der Waals surface area contributed by atoms with Gasteiger partial charge in [-0.05, 0) is 0 Å². The fourth-order valence-electron chi connectivity index (χ4n) is 0.795. The Morgan fingerprint density at radius 3 is 2.54 bits per heavy atom. The molecule has 0 atom stereocenters. The molecule has 13 heavy (non-hydrogen) atoms. The first-order valence-electron chi connectivity index (χ1n) is 3.18. The van der Waals surface area contributed by atoms with Gasteiger partial charge in [0.2, 0.25) is 0 Å². The van der Waals surface area contributed by atoms with Gasteiger partial charge in [0, 0.05) is 11.7 Å². The molecule has 0 bridgehead atoms. The molecule has 0 saturated carbocycles. The number of nitrogens with zero attached hydrogens (tertiary/aromatic N) is 3. The van der Waals surface area contributed by atoms with Gasteiger partial charge in [0.15, 0.2) is 10.9 Å². The van der Waals surface area contributed by atoms with E-state index in [1.807, 2.05) is 0 Å². The maximum absolute atomic E-state index is 11.1. The Morgan fingerprint density at radius 2 is 2.08 bits per heavy atom. The maximum Gasteiger partial charge on any atom is 0.392 e. The number of hydrogen-bond donors (Lipinski definition) is 1. The highest BCUT2D eigenvalue weighted by Crippen LogP contribution is 1.90. The molecule has 0 spiro atoms. The van der Waals surface area contributed by atoms with Crippen LogP contribution in [0.15, 0.2) is 15.7 Å². The van der Waals surface area contributed by atoms with Gasteiger partial charge < -0.3 is 5.73 Å². The first-order valence-corrected chi connectivity index (χ1v) is 3.18. The highest BCUT2D eigenvalue weighted by molar-refractivity contribution is 5.24. The highest BCUT2D eigenvalue weighted by atomic mass is 16.7. The van der Waals surface area contributed by atoms with Gasteiger partial charge in [-0.15, -0.1) is 0 Å². The molecule has 0 aliphatic heterocycles. The Morgan fingerprint density at radius 1 is 1.54 bits per heavy atom. The standard InChI is InChI=1S/C5H6N4O4/c1-7-4(10)2-3(6)8(5(7)11)9(12)13/h2H,6H2,1H3. The van der Waals surface area contributed by atoms with Crippen molar-refractivity contribution in [3.8, 4) is 0 Å². The third-order valence-electron chi connectivity index (χ3n) is 1.48. The van der Waals surface area contributed by atoms with Crippen molar-refractivity contribution in [3.05, 3.63) is 37.0 Å². The minimum Gasteiger partial charge on any atom is -0.380 e. The molecule has 1 aromatic rings. The molecule has 0 saturated heterocycles. The van der Waals surface area contributed by atoms with E-state index in [9.17, 15) is 19.7 Å². The van der Waals surface area contributed by atoms with Gasteiger partial charge in [0.25, 0.3) is 5.56 Å². The normalized spacial score (nSPS) is 9.92. The minimum atomic E-state index is -1.07. The van der Waals surface area contributed by atoms with Crippen LogP contribution in [0.25, 0.3) is 0 Å². The van der Waals surface area contributed by atoms with Crippen molar-refractivity contribution in [1.29, 1.82) is 0 Å². The molecule has 0 fully saturated rings. The topological polar surface area (TPSA) is 113 Å². The lowest BCUT2D eigenvalue weighted by Gasteiger charge is -2.00. The molecule has 0 aliphatic rings. The molecule has 0 unspecified atom stereocenters. The Labute approximate surface area is 70.9 Å². The first kappa shape index (κ1) is 8.97. The third-order valence-corrected chi connectivity index (χ3v) is 1.48. The van der Waals surface area contributed by atoms with E-state index in [2.05, 4.69) is 0 Å². The van der Waals surface area contributed by atoms with E-state index in [-0.39, 0.29) is 4.68 Å². The van der Waals surface area contributed by atoms with Gasteiger partial charge in [-0.3, -0.25) is 9.36 Å². The van der Waals surface area contributed by atoms with Crippen molar-refractivity contribution in [2.24, 2.45) is 7.05 Å². The van der Waals surface area contributed by atoms with E-state index in [0.29, 0.717) is 4.57 Å². The summed E-state index contributed by atoms with van der Waals surface area (Å²) in [6.07, 6.45) is 0. The number of rotatable bonds is 1. The SMILES string of the molecule is Cn1c(=O)cc(N)n([N+](=O)[O-])c1=O. The number of nitrogen functional groups attached to an aromatic ring is 1. The first-order chi connectivity index (χ1) is 5.95. The van der Waals surface area contributed by atoms with Crippen LogP contribution in [0.3, 0.4) is 0 Å². The molecule has 2 N–H and O–H groups in total. The predicted molar refractivity (Wildman–Crippen MR) is 42.7 cm³/mol. The van der Waals surface area contributed by atoms with Crippen LogP contribution in [-0.4, -0.2) is 14.3 Å². The number of nitro groups is 1. The minimum absolute atomic E-state index is 0.0986. The number of nitrogens with two attached hydrogens (primary N) is 1. The molecule has 1 heterocycles. The summed E-state index contributed by atoms with van der Waals surface area (Å²) < 4.78 is 0.695. The second kappa shape index (κ2) is 2.73. The summed E-state index contributed by atoms with van der Waals surface area (Å²) in [5.41, 5.74) is 3.35. The zero-order chi connectivity index (χ0) is 10.2. The molecule has 70 valence electrons. The van der Waals surface area contributed by atoms with Crippen LogP contribution in [0.1, 0.15) is 0 Å². The fraction of sp³-hybridized carbons (Fsp3) is 0.200. The second-order valence-corrected chi connectivity index (χ2v) is 2.30. The molecular weight excluding hydrogens is 180 g/mol.